The lowest BCUT2D eigenvalue weighted by Crippen LogP contribution is -2.48. The number of thiazole rings is 1. The molecule has 2 saturated heterocycles. The fourth-order valence-electron chi connectivity index (χ4n) is 6.34. The van der Waals surface area contributed by atoms with E-state index < -0.39 is 59.8 Å². The Bertz CT molecular complexity index is 1560. The van der Waals surface area contributed by atoms with E-state index in [0.717, 1.165) is 6.07 Å². The number of carbonyl (C=O) groups is 2. The zero-order valence-electron chi connectivity index (χ0n) is 25.6. The third-order valence-electron chi connectivity index (χ3n) is 8.65. The van der Waals surface area contributed by atoms with Gasteiger partial charge in [-0.1, -0.05) is 18.7 Å². The summed E-state index contributed by atoms with van der Waals surface area (Å²) in [5, 5.41) is 15.9. The molecule has 1 aromatic carbocycles. The second-order valence-corrected chi connectivity index (χ2v) is 12.6. The number of amidine groups is 1. The molecule has 46 heavy (non-hydrogen) atoms. The molecule has 2 aromatic rings. The summed E-state index contributed by atoms with van der Waals surface area (Å²) in [6, 6.07) is -0.701. The number of rotatable bonds is 11. The number of hydrogen-bond acceptors (Lipinski definition) is 11. The number of fused-ring (bicyclic) bond motifs is 1. The van der Waals surface area contributed by atoms with Gasteiger partial charge in [-0.25, -0.2) is 32.1 Å². The van der Waals surface area contributed by atoms with Crippen LogP contribution in [0.15, 0.2) is 52.6 Å². The van der Waals surface area contributed by atoms with Crippen molar-refractivity contribution in [3.8, 4) is 0 Å². The van der Waals surface area contributed by atoms with Crippen molar-refractivity contribution in [2.75, 3.05) is 39.9 Å². The zero-order valence-corrected chi connectivity index (χ0v) is 26.4. The highest BCUT2D eigenvalue weighted by atomic mass is 32.1. The summed E-state index contributed by atoms with van der Waals surface area (Å²) in [6.45, 7) is 5.59. The quantitative estimate of drug-likeness (QED) is 0.211. The maximum absolute atomic E-state index is 15.7. The molecule has 15 heteroatoms. The summed E-state index contributed by atoms with van der Waals surface area (Å²) in [5.74, 6) is -6.74. The zero-order chi connectivity index (χ0) is 33.4. The normalized spacial score (nSPS) is 24.2. The van der Waals surface area contributed by atoms with Crippen LogP contribution in [0.1, 0.15) is 41.9 Å². The number of hydrogen-bond donors (Lipinski definition) is 2. The number of benzene rings is 1. The molecule has 2 N–H and O–H groups in total. The van der Waals surface area contributed by atoms with E-state index in [-0.39, 0.29) is 60.9 Å². The van der Waals surface area contributed by atoms with Gasteiger partial charge in [-0.15, -0.1) is 11.3 Å². The number of aromatic nitrogens is 1. The minimum atomic E-state index is -3.17. The van der Waals surface area contributed by atoms with Crippen LogP contribution >= 0.6 is 11.3 Å². The first-order valence-electron chi connectivity index (χ1n) is 14.7. The third kappa shape index (κ3) is 6.46. The van der Waals surface area contributed by atoms with E-state index in [2.05, 4.69) is 21.9 Å². The van der Waals surface area contributed by atoms with E-state index in [1.165, 1.54) is 44.4 Å². The number of likely N-dealkylation sites (tertiary alicyclic amines) is 2. The van der Waals surface area contributed by atoms with Crippen LogP contribution in [-0.4, -0.2) is 101 Å². The van der Waals surface area contributed by atoms with Gasteiger partial charge in [0.05, 0.1) is 25.3 Å². The first-order valence-corrected chi connectivity index (χ1v) is 15.5. The molecule has 1 unspecified atom stereocenters. The van der Waals surface area contributed by atoms with Crippen LogP contribution in [0.3, 0.4) is 0 Å². The monoisotopic (exact) mass is 665 g/mol. The summed E-state index contributed by atoms with van der Waals surface area (Å²) >= 11 is 1.25. The highest BCUT2D eigenvalue weighted by molar-refractivity contribution is 7.11. The first kappa shape index (κ1) is 33.7. The smallest absolute Gasteiger partial charge is 0.338 e. The number of aliphatic imine (C=N–C) groups is 1. The Balaban J connectivity index is 1.45. The van der Waals surface area contributed by atoms with Crippen LogP contribution in [0.4, 0.5) is 17.6 Å². The number of methoxy groups -OCH3 is 1. The lowest BCUT2D eigenvalue weighted by atomic mass is 9.92. The van der Waals surface area contributed by atoms with Crippen molar-refractivity contribution >= 4 is 29.1 Å². The number of aliphatic hydroxyl groups is 1. The molecule has 2 fully saturated rings. The first-order chi connectivity index (χ1) is 21.8. The molecule has 1 aromatic heterocycles. The minimum absolute atomic E-state index is 0.0207. The molecule has 4 heterocycles. The Kier molecular flexibility index (Phi) is 9.68. The molecule has 3 aliphatic heterocycles. The Morgan fingerprint density at radius 1 is 1.30 bits per heavy atom. The van der Waals surface area contributed by atoms with Crippen molar-refractivity contribution in [2.24, 2.45) is 4.99 Å². The number of carbonyl (C=O) groups excluding carboxylic acids is 2. The lowest BCUT2D eigenvalue weighted by molar-refractivity contribution is -0.163. The predicted octanol–water partition coefficient (Wildman–Crippen LogP) is 3.51. The largest absolute Gasteiger partial charge is 0.466 e. The van der Waals surface area contributed by atoms with Crippen LogP contribution in [-0.2, 0) is 19.1 Å². The molecule has 0 saturated carbocycles. The standard InChI is InChI=1S/C31H35F4N5O5S/c1-5-13-45-29(42)30(3,43)9-12-39-11-8-21-25(39)31(34,35)16-40(21)15-20-22(28(41)44-4)24(18-6-7-19(32)23(33)17(18)2)38-26(37-20)27-36-10-14-46-27/h5-7,10,14,21,24-25,43H,1,8-9,11-13,15-16H2,2-4H3,(H,37,38)/t21-,24-,25+,30?/m0/s1. The number of ether oxygens (including phenoxy) is 2. The fourth-order valence-corrected chi connectivity index (χ4v) is 6.93. The summed E-state index contributed by atoms with van der Waals surface area (Å²) < 4.78 is 70.3. The molecule has 10 nitrogen and oxygen atoms in total. The molecule has 0 radical (unpaired) electrons. The SMILES string of the molecule is C=CCOC(=O)C(C)(O)CCN1CC[C@H]2[C@@H]1C(F)(F)CN2CC1=C(C(=O)OC)[C@H](c2ccc(F)c(F)c2C)N=C(c2nccs2)N1. The number of nitrogens with one attached hydrogen (secondary N) is 1. The summed E-state index contributed by atoms with van der Waals surface area (Å²) in [6.07, 6.45) is 3.16. The Morgan fingerprint density at radius 3 is 2.74 bits per heavy atom. The highest BCUT2D eigenvalue weighted by Crippen LogP contribution is 2.43. The topological polar surface area (TPSA) is 117 Å². The molecular weight excluding hydrogens is 630 g/mol. The highest BCUT2D eigenvalue weighted by Gasteiger charge is 2.59. The molecule has 248 valence electrons. The van der Waals surface area contributed by atoms with E-state index in [1.54, 1.807) is 21.4 Å². The third-order valence-corrected chi connectivity index (χ3v) is 9.43. The van der Waals surface area contributed by atoms with Crippen molar-refractivity contribution in [2.45, 2.75) is 56.3 Å². The summed E-state index contributed by atoms with van der Waals surface area (Å²) in [5.41, 5.74) is -1.52. The second-order valence-electron chi connectivity index (χ2n) is 11.7. The molecule has 5 rings (SSSR count). The summed E-state index contributed by atoms with van der Waals surface area (Å²) in [4.78, 5) is 37.6. The van der Waals surface area contributed by atoms with E-state index in [9.17, 15) is 23.5 Å². The van der Waals surface area contributed by atoms with Gasteiger partial charge in [0.15, 0.2) is 28.1 Å². The van der Waals surface area contributed by atoms with Gasteiger partial charge >= 0.3 is 11.9 Å². The van der Waals surface area contributed by atoms with Gasteiger partial charge in [0.25, 0.3) is 5.92 Å². The minimum Gasteiger partial charge on any atom is -0.466 e. The maximum Gasteiger partial charge on any atom is 0.338 e. The van der Waals surface area contributed by atoms with Gasteiger partial charge in [-0.05, 0) is 43.9 Å². The molecule has 0 amide bonds. The number of halogens is 4. The average molecular weight is 666 g/mol. The molecular formula is C31H35F4N5O5S. The number of nitrogens with zero attached hydrogens (tertiary/aromatic N) is 4. The van der Waals surface area contributed by atoms with Gasteiger partial charge in [0, 0.05) is 43.0 Å². The van der Waals surface area contributed by atoms with Crippen LogP contribution in [0.25, 0.3) is 0 Å². The predicted molar refractivity (Wildman–Crippen MR) is 161 cm³/mol. The molecule has 0 aliphatic carbocycles. The fraction of sp³-hybridized carbons (Fsp3) is 0.484. The van der Waals surface area contributed by atoms with Crippen molar-refractivity contribution in [3.63, 3.8) is 0 Å². The van der Waals surface area contributed by atoms with Crippen LogP contribution in [0, 0.1) is 18.6 Å². The van der Waals surface area contributed by atoms with E-state index in [0.29, 0.717) is 11.4 Å². The van der Waals surface area contributed by atoms with Gasteiger partial charge in [-0.2, -0.15) is 0 Å². The number of alkyl halides is 2. The Labute approximate surface area is 267 Å². The van der Waals surface area contributed by atoms with Crippen LogP contribution < -0.4 is 5.32 Å². The van der Waals surface area contributed by atoms with Gasteiger partial charge < -0.3 is 19.9 Å². The van der Waals surface area contributed by atoms with E-state index in [4.69, 9.17) is 9.47 Å². The Morgan fingerprint density at radius 2 is 2.07 bits per heavy atom. The van der Waals surface area contributed by atoms with Gasteiger partial charge in [0.2, 0.25) is 0 Å². The van der Waals surface area contributed by atoms with Crippen molar-refractivity contribution in [1.29, 1.82) is 0 Å². The van der Waals surface area contributed by atoms with Gasteiger partial charge in [-0.3, -0.25) is 14.8 Å². The molecule has 3 aliphatic rings. The van der Waals surface area contributed by atoms with Crippen molar-refractivity contribution < 1.29 is 41.7 Å². The number of esters is 2. The summed E-state index contributed by atoms with van der Waals surface area (Å²) in [7, 11) is 1.17. The maximum atomic E-state index is 15.7. The van der Waals surface area contributed by atoms with Crippen molar-refractivity contribution in [1.82, 2.24) is 20.1 Å². The molecule has 0 bridgehead atoms. The molecule has 4 atom stereocenters. The van der Waals surface area contributed by atoms with E-state index in [1.807, 2.05) is 0 Å². The van der Waals surface area contributed by atoms with E-state index >= 15 is 8.78 Å². The van der Waals surface area contributed by atoms with Gasteiger partial charge in [0.1, 0.15) is 12.6 Å². The lowest BCUT2D eigenvalue weighted by Gasteiger charge is -2.31. The molecule has 0 spiro atoms. The average Bonchev–Trinajstić information content (AvgIpc) is 3.76. The van der Waals surface area contributed by atoms with Crippen LogP contribution in [0.2, 0.25) is 0 Å². The van der Waals surface area contributed by atoms with Crippen LogP contribution in [0.5, 0.6) is 0 Å². The van der Waals surface area contributed by atoms with Crippen molar-refractivity contribution in [3.05, 3.63) is 75.4 Å². The Hall–Kier alpha value is -3.66. The second kappa shape index (κ2) is 13.2.